The number of nitrogens with zero attached hydrogens (tertiary/aromatic N) is 3. The number of aromatic hydroxyl groups is 3. The third-order valence-electron chi connectivity index (χ3n) is 4.43. The zero-order chi connectivity index (χ0) is 22.1. The van der Waals surface area contributed by atoms with Crippen molar-refractivity contribution in [2.45, 2.75) is 33.1 Å². The number of phenols is 3. The maximum absolute atomic E-state index is 10.7. The molecule has 7 heteroatoms. The first-order chi connectivity index (χ1) is 14.0. The molecule has 0 saturated heterocycles. The van der Waals surface area contributed by atoms with Gasteiger partial charge >= 0.3 is 0 Å². The number of benzene rings is 3. The first-order valence-corrected chi connectivity index (χ1v) is 9.77. The van der Waals surface area contributed by atoms with Crippen molar-refractivity contribution >= 4 is 22.6 Å². The normalized spacial score (nSPS) is 11.2. The average Bonchev–Trinajstić information content (AvgIpc) is 3.05. The molecule has 6 nitrogen and oxygen atoms in total. The van der Waals surface area contributed by atoms with E-state index in [0.29, 0.717) is 16.2 Å². The molecule has 0 aliphatic rings. The van der Waals surface area contributed by atoms with Gasteiger partial charge in [0.1, 0.15) is 34.0 Å². The van der Waals surface area contributed by atoms with E-state index < -0.39 is 0 Å². The summed E-state index contributed by atoms with van der Waals surface area (Å²) in [5.41, 5.74) is 3.78. The van der Waals surface area contributed by atoms with Crippen molar-refractivity contribution in [2.24, 2.45) is 0 Å². The van der Waals surface area contributed by atoms with Crippen molar-refractivity contribution in [1.29, 1.82) is 0 Å². The van der Waals surface area contributed by atoms with Gasteiger partial charge in [-0.2, -0.15) is 0 Å². The number of rotatable bonds is 1. The van der Waals surface area contributed by atoms with Gasteiger partial charge in [-0.15, -0.1) is 15.0 Å². The summed E-state index contributed by atoms with van der Waals surface area (Å²) in [5, 5.41) is 37.4. The van der Waals surface area contributed by atoms with Gasteiger partial charge in [-0.25, -0.2) is 0 Å². The van der Waals surface area contributed by atoms with E-state index in [4.69, 9.17) is 21.8 Å². The van der Waals surface area contributed by atoms with Crippen LogP contribution in [-0.4, -0.2) is 30.3 Å². The third kappa shape index (κ3) is 4.83. The van der Waals surface area contributed by atoms with Crippen molar-refractivity contribution in [3.05, 3.63) is 70.7 Å². The molecular formula is C23H24ClN3O3. The molecule has 3 aromatic carbocycles. The molecule has 4 rings (SSSR count). The van der Waals surface area contributed by atoms with Gasteiger partial charge in [-0.3, -0.25) is 0 Å². The molecule has 0 atom stereocenters. The molecule has 0 fully saturated rings. The molecule has 0 amide bonds. The molecule has 0 spiro atoms. The van der Waals surface area contributed by atoms with Gasteiger partial charge in [0.15, 0.2) is 0 Å². The molecule has 0 aliphatic heterocycles. The lowest BCUT2D eigenvalue weighted by Gasteiger charge is -2.22. The van der Waals surface area contributed by atoms with E-state index in [0.717, 1.165) is 16.6 Å². The molecule has 30 heavy (non-hydrogen) atoms. The van der Waals surface area contributed by atoms with Crippen LogP contribution >= 0.6 is 11.6 Å². The van der Waals surface area contributed by atoms with Crippen LogP contribution in [0.1, 0.15) is 31.9 Å². The van der Waals surface area contributed by atoms with E-state index in [1.54, 1.807) is 18.2 Å². The van der Waals surface area contributed by atoms with Crippen LogP contribution in [0.4, 0.5) is 0 Å². The Morgan fingerprint density at radius 2 is 1.47 bits per heavy atom. The summed E-state index contributed by atoms with van der Waals surface area (Å²) in [4.78, 5) is 1.47. The lowest BCUT2D eigenvalue weighted by Crippen LogP contribution is -2.13. The predicted molar refractivity (Wildman–Crippen MR) is 119 cm³/mol. The molecular weight excluding hydrogens is 402 g/mol. The first kappa shape index (κ1) is 21.5. The second-order valence-corrected chi connectivity index (χ2v) is 8.51. The van der Waals surface area contributed by atoms with Crippen LogP contribution in [0.25, 0.3) is 16.7 Å². The van der Waals surface area contributed by atoms with E-state index in [2.05, 4.69) is 31.0 Å². The van der Waals surface area contributed by atoms with E-state index in [9.17, 15) is 5.11 Å². The van der Waals surface area contributed by atoms with Gasteiger partial charge in [0, 0.05) is 16.7 Å². The van der Waals surface area contributed by atoms with Crippen molar-refractivity contribution < 1.29 is 15.3 Å². The van der Waals surface area contributed by atoms with Crippen LogP contribution in [0.5, 0.6) is 17.2 Å². The highest BCUT2D eigenvalue weighted by Crippen LogP contribution is 2.36. The van der Waals surface area contributed by atoms with Crippen LogP contribution in [0.3, 0.4) is 0 Å². The summed E-state index contributed by atoms with van der Waals surface area (Å²) in [6.07, 6.45) is 0. The summed E-state index contributed by atoms with van der Waals surface area (Å²) in [6, 6.07) is 15.1. The smallest absolute Gasteiger partial charge is 0.146 e. The van der Waals surface area contributed by atoms with Gasteiger partial charge in [0.2, 0.25) is 0 Å². The highest BCUT2D eigenvalue weighted by Gasteiger charge is 2.22. The second-order valence-electron chi connectivity index (χ2n) is 8.07. The maximum Gasteiger partial charge on any atom is 0.146 e. The lowest BCUT2D eigenvalue weighted by molar-refractivity contribution is 0.440. The minimum absolute atomic E-state index is 0.0880. The number of hydrogen-bond acceptors (Lipinski definition) is 5. The zero-order valence-corrected chi connectivity index (χ0v) is 18.0. The Balaban J connectivity index is 0.000000269. The van der Waals surface area contributed by atoms with Crippen molar-refractivity contribution in [2.75, 3.05) is 0 Å². The predicted octanol–water partition coefficient (Wildman–Crippen LogP) is 5.48. The first-order valence-electron chi connectivity index (χ1n) is 9.39. The van der Waals surface area contributed by atoms with Gasteiger partial charge in [-0.05, 0) is 54.3 Å². The number of aryl methyl sites for hydroxylation is 1. The molecule has 0 unspecified atom stereocenters. The van der Waals surface area contributed by atoms with Gasteiger partial charge in [-0.1, -0.05) is 44.5 Å². The van der Waals surface area contributed by atoms with Gasteiger partial charge in [0.05, 0.1) is 0 Å². The molecule has 4 aromatic rings. The Morgan fingerprint density at radius 1 is 0.833 bits per heavy atom. The molecule has 1 heterocycles. The van der Waals surface area contributed by atoms with Crippen LogP contribution in [0, 0.1) is 6.92 Å². The average molecular weight is 426 g/mol. The Bertz CT molecular complexity index is 1180. The number of hydrogen-bond donors (Lipinski definition) is 3. The molecule has 3 N–H and O–H groups in total. The second kappa shape index (κ2) is 8.24. The quantitative estimate of drug-likeness (QED) is 0.375. The molecule has 156 valence electrons. The van der Waals surface area contributed by atoms with Crippen molar-refractivity contribution in [3.8, 4) is 22.9 Å². The van der Waals surface area contributed by atoms with Crippen LogP contribution in [-0.2, 0) is 5.41 Å². The van der Waals surface area contributed by atoms with E-state index in [-0.39, 0.29) is 22.7 Å². The number of fused-ring (bicyclic) bond motifs is 1. The Hall–Kier alpha value is -3.25. The Morgan fingerprint density at radius 3 is 2.03 bits per heavy atom. The number of phenolic OH excluding ortho intramolecular Hbond substituents is 3. The standard InChI is InChI=1S/C17H18ClN3O.C6H6O2/c1-10-7-12(17(2,3)4)16(22)15(8-10)21-19-13-6-5-11(18)9-14(13)20-21;7-5-2-1-3-6(8)4-5/h5-9,22H,1-4H3;1-4,7-8H. The fraction of sp³-hybridized carbons (Fsp3) is 0.217. The molecule has 0 saturated carbocycles. The van der Waals surface area contributed by atoms with Crippen LogP contribution in [0.15, 0.2) is 54.6 Å². The van der Waals surface area contributed by atoms with E-state index in [1.807, 2.05) is 25.1 Å². The van der Waals surface area contributed by atoms with Crippen LogP contribution in [0.2, 0.25) is 5.02 Å². The maximum atomic E-state index is 10.7. The van der Waals surface area contributed by atoms with Crippen molar-refractivity contribution in [3.63, 3.8) is 0 Å². The molecule has 0 bridgehead atoms. The van der Waals surface area contributed by atoms with Crippen LogP contribution < -0.4 is 0 Å². The van der Waals surface area contributed by atoms with Gasteiger partial charge in [0.25, 0.3) is 0 Å². The lowest BCUT2D eigenvalue weighted by atomic mass is 9.85. The highest BCUT2D eigenvalue weighted by molar-refractivity contribution is 6.31. The third-order valence-corrected chi connectivity index (χ3v) is 4.66. The topological polar surface area (TPSA) is 91.4 Å². The number of halogens is 1. The van der Waals surface area contributed by atoms with Crippen molar-refractivity contribution in [1.82, 2.24) is 15.0 Å². The van der Waals surface area contributed by atoms with E-state index >= 15 is 0 Å². The summed E-state index contributed by atoms with van der Waals surface area (Å²) in [5.74, 6) is 0.388. The SMILES string of the molecule is Cc1cc(-n2nc3ccc(Cl)cc3n2)c(O)c(C(C)(C)C)c1.Oc1cccc(O)c1. The summed E-state index contributed by atoms with van der Waals surface area (Å²) in [7, 11) is 0. The molecule has 1 aromatic heterocycles. The Labute approximate surface area is 180 Å². The Kier molecular flexibility index (Phi) is 5.89. The zero-order valence-electron chi connectivity index (χ0n) is 17.3. The highest BCUT2D eigenvalue weighted by atomic mass is 35.5. The summed E-state index contributed by atoms with van der Waals surface area (Å²) < 4.78 is 0. The van der Waals surface area contributed by atoms with E-state index in [1.165, 1.54) is 23.0 Å². The number of aromatic nitrogens is 3. The largest absolute Gasteiger partial charge is 0.508 e. The monoisotopic (exact) mass is 425 g/mol. The van der Waals surface area contributed by atoms with Gasteiger partial charge < -0.3 is 15.3 Å². The minimum Gasteiger partial charge on any atom is -0.508 e. The molecule has 0 radical (unpaired) electrons. The minimum atomic E-state index is -0.166. The molecule has 0 aliphatic carbocycles. The fourth-order valence-electron chi connectivity index (χ4n) is 2.97. The summed E-state index contributed by atoms with van der Waals surface area (Å²) >= 11 is 5.99. The summed E-state index contributed by atoms with van der Waals surface area (Å²) in [6.45, 7) is 8.20. The fourth-order valence-corrected chi connectivity index (χ4v) is 3.14.